The van der Waals surface area contributed by atoms with E-state index in [9.17, 15) is 9.59 Å². The molecule has 2 fully saturated rings. The van der Waals surface area contributed by atoms with Crippen LogP contribution in [0.25, 0.3) is 11.0 Å². The van der Waals surface area contributed by atoms with E-state index in [1.165, 1.54) is 7.11 Å². The lowest BCUT2D eigenvalue weighted by Crippen LogP contribution is -2.27. The van der Waals surface area contributed by atoms with Crippen LogP contribution in [0.5, 0.6) is 0 Å². The summed E-state index contributed by atoms with van der Waals surface area (Å²) in [5.74, 6) is 0.265. The molecule has 0 radical (unpaired) electrons. The second-order valence-corrected chi connectivity index (χ2v) is 6.83. The van der Waals surface area contributed by atoms with E-state index in [4.69, 9.17) is 9.72 Å². The molecule has 2 aromatic rings. The van der Waals surface area contributed by atoms with Gasteiger partial charge in [-0.3, -0.25) is 4.79 Å². The zero-order valence-corrected chi connectivity index (χ0v) is 14.5. The minimum atomic E-state index is -0.367. The fraction of sp³-hybridized carbons (Fsp3) is 0.556. The molecule has 0 atom stereocenters. The number of nitrogens with one attached hydrogen (secondary N) is 1. The number of pyridine rings is 1. The number of aromatic nitrogens is 3. The zero-order valence-electron chi connectivity index (χ0n) is 14.5. The fourth-order valence-corrected chi connectivity index (χ4v) is 3.22. The average Bonchev–Trinajstić information content (AvgIpc) is 3.51. The molecule has 1 amide bonds. The van der Waals surface area contributed by atoms with Crippen LogP contribution in [0.1, 0.15) is 66.2 Å². The number of amides is 1. The highest BCUT2D eigenvalue weighted by molar-refractivity contribution is 6.04. The molecule has 132 valence electrons. The van der Waals surface area contributed by atoms with Gasteiger partial charge in [0.05, 0.1) is 23.8 Å². The van der Waals surface area contributed by atoms with E-state index in [-0.39, 0.29) is 18.4 Å². The first kappa shape index (κ1) is 16.1. The maximum atomic E-state index is 12.4. The lowest BCUT2D eigenvalue weighted by Gasteiger charge is -2.07. The van der Waals surface area contributed by atoms with Crippen molar-refractivity contribution in [3.63, 3.8) is 0 Å². The molecule has 0 saturated heterocycles. The van der Waals surface area contributed by atoms with E-state index >= 15 is 0 Å². The maximum Gasteiger partial charge on any atom is 0.338 e. The first-order valence-corrected chi connectivity index (χ1v) is 8.88. The van der Waals surface area contributed by atoms with Crippen LogP contribution in [0.2, 0.25) is 0 Å². The Kier molecular flexibility index (Phi) is 3.94. The Morgan fingerprint density at radius 2 is 2.00 bits per heavy atom. The molecule has 2 aromatic heterocycles. The molecule has 2 aliphatic carbocycles. The number of rotatable bonds is 6. The predicted molar refractivity (Wildman–Crippen MR) is 91.5 cm³/mol. The van der Waals surface area contributed by atoms with E-state index in [0.29, 0.717) is 29.6 Å². The van der Waals surface area contributed by atoms with Gasteiger partial charge < -0.3 is 10.1 Å². The molecule has 25 heavy (non-hydrogen) atoms. The molecule has 0 aliphatic heterocycles. The molecule has 2 aliphatic rings. The molecule has 4 rings (SSSR count). The smallest absolute Gasteiger partial charge is 0.338 e. The number of fused-ring (bicyclic) bond motifs is 1. The van der Waals surface area contributed by atoms with Gasteiger partial charge in [-0.05, 0) is 38.7 Å². The number of likely N-dealkylation sites (N-methyl/N-ethyl adjacent to an activating group) is 1. The molecule has 2 saturated carbocycles. The minimum Gasteiger partial charge on any atom is -0.465 e. The van der Waals surface area contributed by atoms with Gasteiger partial charge in [0.25, 0.3) is 0 Å². The fourth-order valence-electron chi connectivity index (χ4n) is 3.22. The highest BCUT2D eigenvalue weighted by Crippen LogP contribution is 2.45. The second-order valence-electron chi connectivity index (χ2n) is 6.83. The molecular formula is C18H22N4O3. The molecule has 0 spiro atoms. The third-order valence-corrected chi connectivity index (χ3v) is 4.78. The Hall–Kier alpha value is -2.44. The van der Waals surface area contributed by atoms with E-state index in [0.717, 1.165) is 42.5 Å². The summed E-state index contributed by atoms with van der Waals surface area (Å²) in [5.41, 5.74) is 2.92. The number of hydrogen-bond acceptors (Lipinski definition) is 5. The van der Waals surface area contributed by atoms with Crippen molar-refractivity contribution in [2.24, 2.45) is 0 Å². The summed E-state index contributed by atoms with van der Waals surface area (Å²) in [4.78, 5) is 29.2. The van der Waals surface area contributed by atoms with Crippen LogP contribution in [0.4, 0.5) is 0 Å². The van der Waals surface area contributed by atoms with Gasteiger partial charge in [0, 0.05) is 24.1 Å². The Morgan fingerprint density at radius 3 is 2.60 bits per heavy atom. The first-order valence-electron chi connectivity index (χ1n) is 8.88. The lowest BCUT2D eigenvalue weighted by molar-refractivity contribution is -0.121. The molecular weight excluding hydrogens is 320 g/mol. The van der Waals surface area contributed by atoms with E-state index in [2.05, 4.69) is 10.4 Å². The maximum absolute atomic E-state index is 12.4. The summed E-state index contributed by atoms with van der Waals surface area (Å²) in [6.45, 7) is 2.56. The van der Waals surface area contributed by atoms with Crippen LogP contribution in [-0.2, 0) is 16.1 Å². The van der Waals surface area contributed by atoms with Crippen molar-refractivity contribution in [3.8, 4) is 0 Å². The van der Waals surface area contributed by atoms with Crippen LogP contribution in [0.3, 0.4) is 0 Å². The Labute approximate surface area is 145 Å². The summed E-state index contributed by atoms with van der Waals surface area (Å²) >= 11 is 0. The molecule has 0 aromatic carbocycles. The van der Waals surface area contributed by atoms with Crippen LogP contribution >= 0.6 is 0 Å². The predicted octanol–water partition coefficient (Wildman–Crippen LogP) is 2.11. The van der Waals surface area contributed by atoms with Gasteiger partial charge in [0.15, 0.2) is 5.65 Å². The van der Waals surface area contributed by atoms with E-state index in [1.807, 2.05) is 13.0 Å². The highest BCUT2D eigenvalue weighted by atomic mass is 16.5. The van der Waals surface area contributed by atoms with Crippen molar-refractivity contribution in [2.45, 2.75) is 51.0 Å². The van der Waals surface area contributed by atoms with Crippen LogP contribution in [-0.4, -0.2) is 40.3 Å². The third-order valence-electron chi connectivity index (χ3n) is 4.78. The SMILES string of the molecule is CCNC(=O)Cn1nc(C2CC2)c2c(C(=O)OC)cc(C3CC3)nc21. The van der Waals surface area contributed by atoms with Gasteiger partial charge in [-0.15, -0.1) is 0 Å². The first-order chi connectivity index (χ1) is 12.1. The van der Waals surface area contributed by atoms with Crippen molar-refractivity contribution < 1.29 is 14.3 Å². The topological polar surface area (TPSA) is 86.1 Å². The Morgan fingerprint density at radius 1 is 1.28 bits per heavy atom. The third kappa shape index (κ3) is 2.99. The normalized spacial score (nSPS) is 16.9. The number of esters is 1. The van der Waals surface area contributed by atoms with Crippen LogP contribution in [0.15, 0.2) is 6.07 Å². The Bertz CT molecular complexity index is 850. The molecule has 2 heterocycles. The summed E-state index contributed by atoms with van der Waals surface area (Å²) < 4.78 is 6.65. The van der Waals surface area contributed by atoms with Crippen molar-refractivity contribution in [1.29, 1.82) is 0 Å². The number of ether oxygens (including phenoxy) is 1. The molecule has 7 nitrogen and oxygen atoms in total. The monoisotopic (exact) mass is 342 g/mol. The van der Waals surface area contributed by atoms with Crippen LogP contribution in [0, 0.1) is 0 Å². The summed E-state index contributed by atoms with van der Waals surface area (Å²) in [5, 5.41) is 8.20. The Balaban J connectivity index is 1.88. The lowest BCUT2D eigenvalue weighted by atomic mass is 10.1. The van der Waals surface area contributed by atoms with Gasteiger partial charge in [0.1, 0.15) is 6.54 Å². The van der Waals surface area contributed by atoms with Crippen LogP contribution < -0.4 is 5.32 Å². The molecule has 7 heteroatoms. The number of methoxy groups -OCH3 is 1. The van der Waals surface area contributed by atoms with Gasteiger partial charge in [-0.1, -0.05) is 0 Å². The molecule has 0 unspecified atom stereocenters. The number of hydrogen-bond donors (Lipinski definition) is 1. The van der Waals surface area contributed by atoms with Crippen molar-refractivity contribution in [2.75, 3.05) is 13.7 Å². The standard InChI is InChI=1S/C18H22N4O3/c1-3-19-14(23)9-22-17-15(16(21-22)11-6-7-11)12(18(24)25-2)8-13(20-17)10-4-5-10/h8,10-11H,3-7,9H2,1-2H3,(H,19,23). The van der Waals surface area contributed by atoms with E-state index in [1.54, 1.807) is 4.68 Å². The average molecular weight is 342 g/mol. The summed E-state index contributed by atoms with van der Waals surface area (Å²) in [6.07, 6.45) is 4.27. The largest absolute Gasteiger partial charge is 0.465 e. The highest BCUT2D eigenvalue weighted by Gasteiger charge is 2.34. The number of nitrogens with zero attached hydrogens (tertiary/aromatic N) is 3. The van der Waals surface area contributed by atoms with Gasteiger partial charge in [-0.2, -0.15) is 5.10 Å². The second kappa shape index (κ2) is 6.13. The van der Waals surface area contributed by atoms with Crippen molar-refractivity contribution >= 4 is 22.9 Å². The number of carbonyl (C=O) groups is 2. The van der Waals surface area contributed by atoms with Crippen molar-refractivity contribution in [3.05, 3.63) is 23.0 Å². The summed E-state index contributed by atoms with van der Waals surface area (Å²) in [7, 11) is 1.39. The minimum absolute atomic E-state index is 0.104. The van der Waals surface area contributed by atoms with Gasteiger partial charge in [0.2, 0.25) is 5.91 Å². The molecule has 0 bridgehead atoms. The molecule has 1 N–H and O–H groups in total. The van der Waals surface area contributed by atoms with Gasteiger partial charge >= 0.3 is 5.97 Å². The van der Waals surface area contributed by atoms with E-state index < -0.39 is 0 Å². The number of carbonyl (C=O) groups excluding carboxylic acids is 2. The quantitative estimate of drug-likeness (QED) is 0.813. The summed E-state index contributed by atoms with van der Waals surface area (Å²) in [6, 6.07) is 1.86. The van der Waals surface area contributed by atoms with Gasteiger partial charge in [-0.25, -0.2) is 14.5 Å². The zero-order chi connectivity index (χ0) is 17.6. The van der Waals surface area contributed by atoms with Crippen molar-refractivity contribution in [1.82, 2.24) is 20.1 Å².